The second-order valence-electron chi connectivity index (χ2n) is 5.14. The van der Waals surface area contributed by atoms with Crippen LogP contribution in [0.5, 0.6) is 11.5 Å². The second-order valence-corrected chi connectivity index (χ2v) is 5.14. The number of nitrogens with zero attached hydrogens (tertiary/aromatic N) is 1. The molecule has 0 bridgehead atoms. The van der Waals surface area contributed by atoms with Gasteiger partial charge in [-0.05, 0) is 26.0 Å². The van der Waals surface area contributed by atoms with E-state index in [4.69, 9.17) is 9.47 Å². The molecule has 7 nitrogen and oxygen atoms in total. The van der Waals surface area contributed by atoms with E-state index in [1.807, 2.05) is 18.7 Å². The first-order chi connectivity index (χ1) is 11.1. The third-order valence-corrected chi connectivity index (χ3v) is 3.31. The lowest BCUT2D eigenvalue weighted by Gasteiger charge is -2.25. The third-order valence-electron chi connectivity index (χ3n) is 3.31. The molecular formula is C16H23N3O4. The largest absolute Gasteiger partial charge is 0.490 e. The Morgan fingerprint density at radius 1 is 1.26 bits per heavy atom. The molecule has 23 heavy (non-hydrogen) atoms. The molecule has 2 amide bonds. The number of carbonyl (C=O) groups is 2. The molecule has 1 fully saturated rings. The minimum absolute atomic E-state index is 0.0521. The lowest BCUT2D eigenvalue weighted by atomic mass is 10.2. The van der Waals surface area contributed by atoms with Crippen LogP contribution in [0, 0.1) is 0 Å². The van der Waals surface area contributed by atoms with E-state index in [9.17, 15) is 9.59 Å². The van der Waals surface area contributed by atoms with E-state index >= 15 is 0 Å². The molecule has 0 spiro atoms. The Hall–Kier alpha value is -2.28. The molecule has 1 aromatic carbocycles. The van der Waals surface area contributed by atoms with Gasteiger partial charge in [-0.2, -0.15) is 0 Å². The maximum Gasteiger partial charge on any atom is 0.238 e. The number of anilines is 1. The molecule has 0 unspecified atom stereocenters. The summed E-state index contributed by atoms with van der Waals surface area (Å²) < 4.78 is 11.0. The van der Waals surface area contributed by atoms with Gasteiger partial charge >= 0.3 is 0 Å². The van der Waals surface area contributed by atoms with Crippen LogP contribution in [0.1, 0.15) is 13.8 Å². The van der Waals surface area contributed by atoms with Crippen molar-refractivity contribution in [2.45, 2.75) is 13.8 Å². The van der Waals surface area contributed by atoms with Crippen molar-refractivity contribution in [2.24, 2.45) is 0 Å². The Balaban J connectivity index is 1.97. The number of nitrogens with one attached hydrogen (secondary N) is 2. The molecule has 7 heteroatoms. The lowest BCUT2D eigenvalue weighted by Crippen LogP contribution is -2.49. The van der Waals surface area contributed by atoms with Crippen LogP contribution >= 0.6 is 0 Å². The van der Waals surface area contributed by atoms with Crippen LogP contribution in [0.3, 0.4) is 0 Å². The number of hydrogen-bond acceptors (Lipinski definition) is 5. The van der Waals surface area contributed by atoms with Crippen molar-refractivity contribution >= 4 is 17.5 Å². The number of amides is 2. The summed E-state index contributed by atoms with van der Waals surface area (Å²) in [6.07, 6.45) is 0. The fraction of sp³-hybridized carbons (Fsp3) is 0.500. The zero-order valence-corrected chi connectivity index (χ0v) is 13.6. The Morgan fingerprint density at radius 3 is 2.70 bits per heavy atom. The van der Waals surface area contributed by atoms with Gasteiger partial charge in [0.2, 0.25) is 11.8 Å². The minimum atomic E-state index is -0.161. The molecule has 1 aliphatic rings. The van der Waals surface area contributed by atoms with E-state index in [0.29, 0.717) is 43.5 Å². The zero-order valence-electron chi connectivity index (χ0n) is 13.6. The molecule has 2 rings (SSSR count). The van der Waals surface area contributed by atoms with E-state index < -0.39 is 0 Å². The van der Waals surface area contributed by atoms with Crippen LogP contribution < -0.4 is 20.1 Å². The second kappa shape index (κ2) is 8.38. The Kier molecular flexibility index (Phi) is 6.22. The standard InChI is InChI=1S/C16H23N3O4/c1-3-22-13-6-5-12(9-14(13)23-4-2)18-16(21)11-19-8-7-17-15(20)10-19/h5-6,9H,3-4,7-8,10-11H2,1-2H3,(H,17,20)(H,18,21). The maximum atomic E-state index is 12.1. The quantitative estimate of drug-likeness (QED) is 0.778. The van der Waals surface area contributed by atoms with Crippen LogP contribution in [0.15, 0.2) is 18.2 Å². The van der Waals surface area contributed by atoms with E-state index in [-0.39, 0.29) is 24.9 Å². The molecule has 0 aromatic heterocycles. The van der Waals surface area contributed by atoms with Gasteiger partial charge in [0.1, 0.15) is 0 Å². The van der Waals surface area contributed by atoms with Gasteiger partial charge in [-0.15, -0.1) is 0 Å². The molecule has 0 saturated carbocycles. The predicted molar refractivity (Wildman–Crippen MR) is 86.9 cm³/mol. The number of rotatable bonds is 7. The molecule has 2 N–H and O–H groups in total. The molecule has 0 atom stereocenters. The van der Waals surface area contributed by atoms with Crippen LogP contribution in [-0.4, -0.2) is 56.1 Å². The van der Waals surface area contributed by atoms with Crippen molar-refractivity contribution in [3.8, 4) is 11.5 Å². The van der Waals surface area contributed by atoms with Crippen molar-refractivity contribution in [1.82, 2.24) is 10.2 Å². The third kappa shape index (κ3) is 5.14. The molecule has 1 saturated heterocycles. The van der Waals surface area contributed by atoms with Gasteiger partial charge in [-0.25, -0.2) is 0 Å². The van der Waals surface area contributed by atoms with Crippen molar-refractivity contribution in [3.05, 3.63) is 18.2 Å². The fourth-order valence-corrected chi connectivity index (χ4v) is 2.36. The summed E-state index contributed by atoms with van der Waals surface area (Å²) in [6, 6.07) is 5.29. The van der Waals surface area contributed by atoms with Crippen molar-refractivity contribution in [1.29, 1.82) is 0 Å². The van der Waals surface area contributed by atoms with E-state index in [1.54, 1.807) is 18.2 Å². The fourth-order valence-electron chi connectivity index (χ4n) is 2.36. The van der Waals surface area contributed by atoms with E-state index in [2.05, 4.69) is 10.6 Å². The Bertz CT molecular complexity index is 562. The van der Waals surface area contributed by atoms with E-state index in [1.165, 1.54) is 0 Å². The molecular weight excluding hydrogens is 298 g/mol. The smallest absolute Gasteiger partial charge is 0.238 e. The number of ether oxygens (including phenoxy) is 2. The number of piperazine rings is 1. The highest BCUT2D eigenvalue weighted by Gasteiger charge is 2.18. The van der Waals surface area contributed by atoms with Crippen molar-refractivity contribution in [2.75, 3.05) is 44.7 Å². The first kappa shape index (κ1) is 17.1. The minimum Gasteiger partial charge on any atom is -0.490 e. The van der Waals surface area contributed by atoms with Crippen LogP contribution in [-0.2, 0) is 9.59 Å². The molecule has 0 radical (unpaired) electrons. The first-order valence-electron chi connectivity index (χ1n) is 7.81. The Labute approximate surface area is 135 Å². The van der Waals surface area contributed by atoms with Gasteiger partial charge in [0.25, 0.3) is 0 Å². The summed E-state index contributed by atoms with van der Waals surface area (Å²) >= 11 is 0. The van der Waals surface area contributed by atoms with Crippen LogP contribution in [0.4, 0.5) is 5.69 Å². The van der Waals surface area contributed by atoms with Crippen molar-refractivity contribution < 1.29 is 19.1 Å². The molecule has 126 valence electrons. The summed E-state index contributed by atoms with van der Waals surface area (Å²) in [5, 5.41) is 5.56. The summed E-state index contributed by atoms with van der Waals surface area (Å²) in [6.45, 7) is 6.54. The number of carbonyl (C=O) groups excluding carboxylic acids is 2. The highest BCUT2D eigenvalue weighted by atomic mass is 16.5. The number of hydrogen-bond donors (Lipinski definition) is 2. The molecule has 1 aliphatic heterocycles. The molecule has 0 aliphatic carbocycles. The Morgan fingerprint density at radius 2 is 2.00 bits per heavy atom. The first-order valence-corrected chi connectivity index (χ1v) is 7.81. The SMILES string of the molecule is CCOc1ccc(NC(=O)CN2CCNC(=O)C2)cc1OCC. The predicted octanol–water partition coefficient (Wildman–Crippen LogP) is 0.854. The number of benzene rings is 1. The van der Waals surface area contributed by atoms with Crippen molar-refractivity contribution in [3.63, 3.8) is 0 Å². The van der Waals surface area contributed by atoms with Gasteiger partial charge in [0, 0.05) is 24.8 Å². The summed E-state index contributed by atoms with van der Waals surface area (Å²) in [5.74, 6) is 1.04. The van der Waals surface area contributed by atoms with Crippen LogP contribution in [0.25, 0.3) is 0 Å². The molecule has 1 heterocycles. The topological polar surface area (TPSA) is 79.9 Å². The maximum absolute atomic E-state index is 12.1. The normalized spacial score (nSPS) is 15.0. The van der Waals surface area contributed by atoms with Gasteiger partial charge in [-0.1, -0.05) is 0 Å². The highest BCUT2D eigenvalue weighted by Crippen LogP contribution is 2.30. The zero-order chi connectivity index (χ0) is 16.7. The average Bonchev–Trinajstić information content (AvgIpc) is 2.50. The van der Waals surface area contributed by atoms with Crippen LogP contribution in [0.2, 0.25) is 0 Å². The van der Waals surface area contributed by atoms with Gasteiger partial charge in [0.05, 0.1) is 26.3 Å². The highest BCUT2D eigenvalue weighted by molar-refractivity contribution is 5.93. The lowest BCUT2D eigenvalue weighted by molar-refractivity contribution is -0.125. The van der Waals surface area contributed by atoms with Gasteiger partial charge in [0.15, 0.2) is 11.5 Å². The van der Waals surface area contributed by atoms with E-state index in [0.717, 1.165) is 0 Å². The summed E-state index contributed by atoms with van der Waals surface area (Å²) in [4.78, 5) is 25.2. The monoisotopic (exact) mass is 321 g/mol. The molecule has 1 aromatic rings. The van der Waals surface area contributed by atoms with Gasteiger partial charge < -0.3 is 20.1 Å². The summed E-state index contributed by atoms with van der Waals surface area (Å²) in [5.41, 5.74) is 0.642. The van der Waals surface area contributed by atoms with Gasteiger partial charge in [-0.3, -0.25) is 14.5 Å². The summed E-state index contributed by atoms with van der Waals surface area (Å²) in [7, 11) is 0. The average molecular weight is 321 g/mol.